The molecule has 4 nitrogen and oxygen atoms in total. The molecule has 2 bridgehead atoms. The molecule has 3 aliphatic heterocycles. The van der Waals surface area contributed by atoms with Crippen LogP contribution in [0.1, 0.15) is 24.0 Å². The van der Waals surface area contributed by atoms with Gasteiger partial charge in [-0.1, -0.05) is 60.7 Å². The van der Waals surface area contributed by atoms with Crippen LogP contribution in [0.5, 0.6) is 0 Å². The maximum Gasteiger partial charge on any atom is 0.253 e. The summed E-state index contributed by atoms with van der Waals surface area (Å²) in [6.07, 6.45) is 1.37. The zero-order valence-electron chi connectivity index (χ0n) is 12.7. The summed E-state index contributed by atoms with van der Waals surface area (Å²) in [6.45, 7) is 0.479. The van der Waals surface area contributed by atoms with Gasteiger partial charge >= 0.3 is 0 Å². The van der Waals surface area contributed by atoms with Crippen LogP contribution >= 0.6 is 0 Å². The summed E-state index contributed by atoms with van der Waals surface area (Å²) in [7, 11) is 0. The van der Waals surface area contributed by atoms with Crippen molar-refractivity contribution >= 4 is 11.8 Å². The molecule has 0 spiro atoms. The monoisotopic (exact) mass is 306 g/mol. The fourth-order valence-electron chi connectivity index (χ4n) is 3.71. The van der Waals surface area contributed by atoms with Crippen molar-refractivity contribution in [2.24, 2.45) is 0 Å². The highest BCUT2D eigenvalue weighted by Gasteiger charge is 2.56. The van der Waals surface area contributed by atoms with Crippen LogP contribution < -0.4 is 5.32 Å². The predicted octanol–water partition coefficient (Wildman–Crippen LogP) is 2.20. The molecule has 2 amide bonds. The van der Waals surface area contributed by atoms with Gasteiger partial charge in [0.05, 0.1) is 0 Å². The molecule has 4 heteroatoms. The van der Waals surface area contributed by atoms with E-state index in [4.69, 9.17) is 0 Å². The Balaban J connectivity index is 1.72. The second-order valence-corrected chi connectivity index (χ2v) is 6.23. The van der Waals surface area contributed by atoms with Gasteiger partial charge in [-0.05, 0) is 24.0 Å². The number of rotatable bonds is 3. The van der Waals surface area contributed by atoms with Gasteiger partial charge in [-0.15, -0.1) is 0 Å². The average molecular weight is 306 g/mol. The van der Waals surface area contributed by atoms with Gasteiger partial charge in [0, 0.05) is 6.54 Å². The van der Waals surface area contributed by atoms with Crippen molar-refractivity contribution in [3.63, 3.8) is 0 Å². The molecule has 116 valence electrons. The van der Waals surface area contributed by atoms with Gasteiger partial charge in [-0.2, -0.15) is 0 Å². The fraction of sp³-hybridized carbons (Fsp3) is 0.263. The van der Waals surface area contributed by atoms with Gasteiger partial charge in [-0.25, -0.2) is 0 Å². The number of carbonyl (C=O) groups excluding carboxylic acids is 2. The minimum atomic E-state index is -0.901. The molecule has 3 fully saturated rings. The van der Waals surface area contributed by atoms with E-state index in [0.29, 0.717) is 19.4 Å². The summed E-state index contributed by atoms with van der Waals surface area (Å²) in [5, 5.41) is 2.98. The van der Waals surface area contributed by atoms with E-state index in [-0.39, 0.29) is 17.9 Å². The van der Waals surface area contributed by atoms with E-state index < -0.39 is 5.54 Å². The number of hydrogen-bond acceptors (Lipinski definition) is 2. The fourth-order valence-corrected chi connectivity index (χ4v) is 3.71. The first-order valence-electron chi connectivity index (χ1n) is 7.93. The lowest BCUT2D eigenvalue weighted by atomic mass is 9.75. The van der Waals surface area contributed by atoms with Gasteiger partial charge in [-0.3, -0.25) is 9.59 Å². The third kappa shape index (κ3) is 2.13. The first-order valence-corrected chi connectivity index (χ1v) is 7.93. The van der Waals surface area contributed by atoms with Crippen LogP contribution in [0.4, 0.5) is 0 Å². The molecule has 3 saturated heterocycles. The predicted molar refractivity (Wildman–Crippen MR) is 86.3 cm³/mol. The molecular formula is C19H18N2O2. The smallest absolute Gasteiger partial charge is 0.253 e. The molecule has 0 aromatic heterocycles. The molecule has 2 unspecified atom stereocenters. The van der Waals surface area contributed by atoms with E-state index in [1.165, 1.54) is 0 Å². The van der Waals surface area contributed by atoms with Crippen molar-refractivity contribution < 1.29 is 9.59 Å². The third-order valence-corrected chi connectivity index (χ3v) is 4.90. The molecule has 3 aliphatic rings. The molecule has 2 aromatic rings. The molecule has 0 saturated carbocycles. The number of hydrogen-bond donors (Lipinski definition) is 1. The number of carbonyl (C=O) groups is 2. The summed E-state index contributed by atoms with van der Waals surface area (Å²) < 4.78 is 0. The van der Waals surface area contributed by atoms with E-state index in [9.17, 15) is 9.59 Å². The molecule has 2 aromatic carbocycles. The molecule has 3 heterocycles. The van der Waals surface area contributed by atoms with Crippen molar-refractivity contribution in [3.05, 3.63) is 71.8 Å². The second-order valence-electron chi connectivity index (χ2n) is 6.23. The topological polar surface area (TPSA) is 49.4 Å². The maximum atomic E-state index is 13.2. The molecule has 23 heavy (non-hydrogen) atoms. The van der Waals surface area contributed by atoms with Crippen LogP contribution in [-0.2, 0) is 21.7 Å². The number of amides is 2. The second kappa shape index (κ2) is 5.23. The summed E-state index contributed by atoms with van der Waals surface area (Å²) in [5.41, 5.74) is 1.01. The molecule has 0 aliphatic carbocycles. The quantitative estimate of drug-likeness (QED) is 0.945. The van der Waals surface area contributed by atoms with Crippen LogP contribution in [0.2, 0.25) is 0 Å². The van der Waals surface area contributed by atoms with E-state index in [1.54, 1.807) is 4.90 Å². The normalized spacial score (nSPS) is 26.3. The molecule has 1 N–H and O–H groups in total. The van der Waals surface area contributed by atoms with E-state index in [0.717, 1.165) is 11.1 Å². The Morgan fingerprint density at radius 3 is 2.30 bits per heavy atom. The minimum Gasteiger partial charge on any atom is -0.336 e. The standard InChI is InChI=1S/C19H18N2O2/c22-17-16-11-12-19(20-17,15-9-5-2-6-10-15)18(23)21(16)13-14-7-3-1-4-8-14/h1-10,16H,11-13H2,(H,20,22). The zero-order chi connectivity index (χ0) is 15.9. The average Bonchev–Trinajstić information content (AvgIpc) is 2.60. The Kier molecular flexibility index (Phi) is 3.18. The minimum absolute atomic E-state index is 0.00315. The van der Waals surface area contributed by atoms with Crippen molar-refractivity contribution in [3.8, 4) is 0 Å². The first kappa shape index (κ1) is 14.0. The van der Waals surface area contributed by atoms with Crippen LogP contribution in [0.3, 0.4) is 0 Å². The first-order chi connectivity index (χ1) is 11.2. The van der Waals surface area contributed by atoms with E-state index in [2.05, 4.69) is 5.32 Å². The maximum absolute atomic E-state index is 13.2. The van der Waals surface area contributed by atoms with Gasteiger partial charge in [0.25, 0.3) is 5.91 Å². The largest absolute Gasteiger partial charge is 0.336 e. The molecule has 5 rings (SSSR count). The number of piperidine rings is 2. The zero-order valence-corrected chi connectivity index (χ0v) is 12.7. The Morgan fingerprint density at radius 2 is 1.65 bits per heavy atom. The molecule has 2 atom stereocenters. The number of benzene rings is 2. The lowest BCUT2D eigenvalue weighted by Gasteiger charge is -2.51. The lowest BCUT2D eigenvalue weighted by Crippen LogP contribution is -2.72. The lowest BCUT2D eigenvalue weighted by molar-refractivity contribution is -0.163. The Bertz CT molecular complexity index is 744. The Hall–Kier alpha value is -2.62. The highest BCUT2D eigenvalue weighted by Crippen LogP contribution is 2.40. The highest BCUT2D eigenvalue weighted by atomic mass is 16.2. The van der Waals surface area contributed by atoms with Crippen molar-refractivity contribution in [2.75, 3.05) is 0 Å². The molecule has 0 radical (unpaired) electrons. The van der Waals surface area contributed by atoms with Crippen molar-refractivity contribution in [1.29, 1.82) is 0 Å². The summed E-state index contributed by atoms with van der Waals surface area (Å²) in [4.78, 5) is 27.4. The Morgan fingerprint density at radius 1 is 1.00 bits per heavy atom. The number of nitrogens with zero attached hydrogens (tertiary/aromatic N) is 1. The molecular weight excluding hydrogens is 288 g/mol. The van der Waals surface area contributed by atoms with E-state index >= 15 is 0 Å². The van der Waals surface area contributed by atoms with Crippen LogP contribution in [0.25, 0.3) is 0 Å². The van der Waals surface area contributed by atoms with Gasteiger partial charge < -0.3 is 10.2 Å². The number of fused-ring (bicyclic) bond motifs is 3. The van der Waals surface area contributed by atoms with E-state index in [1.807, 2.05) is 60.7 Å². The van der Waals surface area contributed by atoms with Gasteiger partial charge in [0.15, 0.2) is 0 Å². The van der Waals surface area contributed by atoms with Gasteiger partial charge in [0.1, 0.15) is 11.6 Å². The highest BCUT2D eigenvalue weighted by molar-refractivity contribution is 6.01. The third-order valence-electron chi connectivity index (χ3n) is 4.90. The summed E-state index contributed by atoms with van der Waals surface area (Å²) in [5.74, 6) is -0.0426. The SMILES string of the molecule is O=C1NC2(c3ccccc3)CCC1N(Cc1ccccc1)C2=O. The summed E-state index contributed by atoms with van der Waals surface area (Å²) in [6, 6.07) is 19.1. The van der Waals surface area contributed by atoms with Crippen LogP contribution in [0, 0.1) is 0 Å². The number of nitrogens with one attached hydrogen (secondary N) is 1. The Labute approximate surface area is 135 Å². The van der Waals surface area contributed by atoms with Crippen LogP contribution in [0.15, 0.2) is 60.7 Å². The van der Waals surface area contributed by atoms with Crippen LogP contribution in [-0.4, -0.2) is 22.8 Å². The number of piperazine rings is 1. The summed E-state index contributed by atoms with van der Waals surface area (Å²) >= 11 is 0. The van der Waals surface area contributed by atoms with Gasteiger partial charge in [0.2, 0.25) is 5.91 Å². The van der Waals surface area contributed by atoms with Crippen molar-refractivity contribution in [1.82, 2.24) is 10.2 Å². The van der Waals surface area contributed by atoms with Crippen molar-refractivity contribution in [2.45, 2.75) is 31.0 Å².